The van der Waals surface area contributed by atoms with Gasteiger partial charge in [-0.1, -0.05) is 23.3 Å². The quantitative estimate of drug-likeness (QED) is 0.301. The maximum Gasteiger partial charge on any atom is 0.200 e. The highest BCUT2D eigenvalue weighted by atomic mass is 16.5. The summed E-state index contributed by atoms with van der Waals surface area (Å²) in [5, 5.41) is 51.8. The molecule has 0 aromatic heterocycles. The van der Waals surface area contributed by atoms with Gasteiger partial charge < -0.3 is 35.0 Å². The van der Waals surface area contributed by atoms with Crippen LogP contribution in [0.15, 0.2) is 41.2 Å². The third-order valence-corrected chi connectivity index (χ3v) is 5.49. The topological polar surface area (TPSA) is 120 Å². The van der Waals surface area contributed by atoms with Crippen LogP contribution in [0.2, 0.25) is 0 Å². The number of benzene rings is 2. The number of ether oxygens (including phenoxy) is 2. The molecule has 0 fully saturated rings. The van der Waals surface area contributed by atoms with Gasteiger partial charge in [0.2, 0.25) is 0 Å². The van der Waals surface area contributed by atoms with Crippen molar-refractivity contribution < 1.29 is 35.0 Å². The van der Waals surface area contributed by atoms with Gasteiger partial charge in [-0.25, -0.2) is 0 Å². The fourth-order valence-corrected chi connectivity index (χ4v) is 3.68. The van der Waals surface area contributed by atoms with Crippen molar-refractivity contribution in [1.82, 2.24) is 0 Å². The predicted octanol–water partition coefficient (Wildman–Crippen LogP) is 5.18. The molecule has 0 aliphatic carbocycles. The van der Waals surface area contributed by atoms with E-state index < -0.39 is 17.2 Å². The second-order valence-corrected chi connectivity index (χ2v) is 8.53. The van der Waals surface area contributed by atoms with Crippen molar-refractivity contribution in [2.24, 2.45) is 0 Å². The van der Waals surface area contributed by atoms with E-state index in [4.69, 9.17) is 9.47 Å². The Bertz CT molecular complexity index is 1150. The molecule has 3 rings (SSSR count). The van der Waals surface area contributed by atoms with Crippen molar-refractivity contribution >= 4 is 5.76 Å². The van der Waals surface area contributed by atoms with Crippen LogP contribution in [0.1, 0.15) is 49.9 Å². The number of phenolic OH excluding ortho intramolecular Hbond substituents is 5. The monoisotopic (exact) mass is 454 g/mol. The van der Waals surface area contributed by atoms with E-state index in [-0.39, 0.29) is 29.2 Å². The van der Waals surface area contributed by atoms with Crippen LogP contribution in [-0.4, -0.2) is 32.6 Å². The molecule has 7 nitrogen and oxygen atoms in total. The van der Waals surface area contributed by atoms with Gasteiger partial charge in [0, 0.05) is 28.7 Å². The maximum atomic E-state index is 11.1. The zero-order valence-corrected chi connectivity index (χ0v) is 19.5. The summed E-state index contributed by atoms with van der Waals surface area (Å²) in [5.74, 6) is -0.933. The summed E-state index contributed by atoms with van der Waals surface area (Å²) in [6, 6.07) is 2.49. The molecular formula is C26H30O7. The zero-order chi connectivity index (χ0) is 24.4. The molecule has 5 N–H and O–H groups in total. The fraction of sp³-hybridized carbons (Fsp3) is 0.308. The molecule has 0 bridgehead atoms. The van der Waals surface area contributed by atoms with E-state index >= 15 is 0 Å². The number of hydrogen-bond acceptors (Lipinski definition) is 7. The van der Waals surface area contributed by atoms with Crippen LogP contribution in [0.4, 0.5) is 0 Å². The average Bonchev–Trinajstić information content (AvgIpc) is 2.75. The number of allylic oxidation sites excluding steroid dienone is 5. The van der Waals surface area contributed by atoms with Crippen molar-refractivity contribution in [3.8, 4) is 34.5 Å². The van der Waals surface area contributed by atoms with Gasteiger partial charge in [0.25, 0.3) is 0 Å². The lowest BCUT2D eigenvalue weighted by Gasteiger charge is -2.27. The molecule has 33 heavy (non-hydrogen) atoms. The van der Waals surface area contributed by atoms with Crippen molar-refractivity contribution in [3.05, 3.63) is 63.4 Å². The number of aromatic hydroxyl groups is 5. The summed E-state index contributed by atoms with van der Waals surface area (Å²) in [6.45, 7) is 7.79. The van der Waals surface area contributed by atoms with Gasteiger partial charge in [0.15, 0.2) is 23.0 Å². The number of fused-ring (bicyclic) bond motifs is 1. The summed E-state index contributed by atoms with van der Waals surface area (Å²) in [6.07, 6.45) is 4.77. The Morgan fingerprint density at radius 2 is 1.39 bits per heavy atom. The van der Waals surface area contributed by atoms with Crippen LogP contribution in [0.25, 0.3) is 5.76 Å². The first-order valence-electron chi connectivity index (χ1n) is 10.6. The summed E-state index contributed by atoms with van der Waals surface area (Å²) >= 11 is 0. The van der Waals surface area contributed by atoms with E-state index in [1.54, 1.807) is 0 Å². The molecule has 2 aromatic carbocycles. The molecule has 0 unspecified atom stereocenters. The number of phenols is 5. The number of methoxy groups -OCH3 is 1. The zero-order valence-electron chi connectivity index (χ0n) is 19.5. The lowest BCUT2D eigenvalue weighted by Crippen LogP contribution is -2.14. The standard InChI is InChI=1S/C26H30O7/c1-13(2)6-8-16-22(29)17(9-7-14(3)4)26-18(23(16)30)12-21(32-5)25(33-26)15-10-19(27)24(31)20(28)11-15/h6-7,10-11,27-31H,8-9,12H2,1-5H3. The van der Waals surface area contributed by atoms with E-state index in [1.165, 1.54) is 19.2 Å². The molecule has 1 heterocycles. The molecule has 0 spiro atoms. The van der Waals surface area contributed by atoms with E-state index in [2.05, 4.69) is 0 Å². The first-order valence-corrected chi connectivity index (χ1v) is 10.6. The molecule has 1 aliphatic heterocycles. The molecular weight excluding hydrogens is 424 g/mol. The van der Waals surface area contributed by atoms with E-state index in [1.807, 2.05) is 39.8 Å². The van der Waals surface area contributed by atoms with Gasteiger partial charge in [-0.3, -0.25) is 0 Å². The molecule has 176 valence electrons. The first-order chi connectivity index (χ1) is 15.5. The lowest BCUT2D eigenvalue weighted by molar-refractivity contribution is 0.263. The third-order valence-electron chi connectivity index (χ3n) is 5.49. The Labute approximate surface area is 193 Å². The Kier molecular flexibility index (Phi) is 6.81. The molecule has 0 saturated heterocycles. The fourth-order valence-electron chi connectivity index (χ4n) is 3.68. The lowest BCUT2D eigenvalue weighted by atomic mass is 9.91. The second kappa shape index (κ2) is 9.40. The van der Waals surface area contributed by atoms with E-state index in [9.17, 15) is 25.5 Å². The Morgan fingerprint density at radius 1 is 0.848 bits per heavy atom. The highest BCUT2D eigenvalue weighted by Crippen LogP contribution is 2.49. The Hall–Kier alpha value is -3.74. The minimum atomic E-state index is -0.641. The summed E-state index contributed by atoms with van der Waals surface area (Å²) in [4.78, 5) is 0. The minimum absolute atomic E-state index is 0.0436. The highest BCUT2D eigenvalue weighted by molar-refractivity contribution is 5.75. The SMILES string of the molecule is COC1=C(c2cc(O)c(O)c(O)c2)Oc2c(CC=C(C)C)c(O)c(CC=C(C)C)c(O)c2C1. The molecule has 7 heteroatoms. The number of rotatable bonds is 6. The molecule has 2 aromatic rings. The van der Waals surface area contributed by atoms with Crippen molar-refractivity contribution in [3.63, 3.8) is 0 Å². The molecule has 0 radical (unpaired) electrons. The van der Waals surface area contributed by atoms with Gasteiger partial charge in [0.1, 0.15) is 23.0 Å². The first kappa shape index (κ1) is 23.9. The normalized spacial score (nSPS) is 12.6. The van der Waals surface area contributed by atoms with E-state index in [0.29, 0.717) is 41.0 Å². The molecule has 0 amide bonds. The van der Waals surface area contributed by atoms with Gasteiger partial charge in [-0.05, 0) is 52.7 Å². The van der Waals surface area contributed by atoms with Crippen LogP contribution >= 0.6 is 0 Å². The Morgan fingerprint density at radius 3 is 1.91 bits per heavy atom. The minimum Gasteiger partial charge on any atom is -0.507 e. The van der Waals surface area contributed by atoms with Crippen LogP contribution in [0.5, 0.6) is 34.5 Å². The maximum absolute atomic E-state index is 11.1. The predicted molar refractivity (Wildman–Crippen MR) is 126 cm³/mol. The molecule has 0 atom stereocenters. The van der Waals surface area contributed by atoms with Crippen molar-refractivity contribution in [1.29, 1.82) is 0 Å². The van der Waals surface area contributed by atoms with Crippen LogP contribution in [-0.2, 0) is 24.0 Å². The average molecular weight is 455 g/mol. The molecule has 1 aliphatic rings. The summed E-state index contributed by atoms with van der Waals surface area (Å²) < 4.78 is 11.7. The van der Waals surface area contributed by atoms with Crippen LogP contribution < -0.4 is 4.74 Å². The molecule has 0 saturated carbocycles. The van der Waals surface area contributed by atoms with Crippen molar-refractivity contribution in [2.45, 2.75) is 47.0 Å². The smallest absolute Gasteiger partial charge is 0.200 e. The highest BCUT2D eigenvalue weighted by Gasteiger charge is 2.31. The second-order valence-electron chi connectivity index (χ2n) is 8.53. The van der Waals surface area contributed by atoms with Crippen LogP contribution in [0, 0.1) is 0 Å². The van der Waals surface area contributed by atoms with Crippen molar-refractivity contribution in [2.75, 3.05) is 7.11 Å². The Balaban J connectivity index is 2.23. The van der Waals surface area contributed by atoms with E-state index in [0.717, 1.165) is 11.1 Å². The van der Waals surface area contributed by atoms with Gasteiger partial charge in [0.05, 0.1) is 7.11 Å². The van der Waals surface area contributed by atoms with Gasteiger partial charge >= 0.3 is 0 Å². The number of hydrogen-bond donors (Lipinski definition) is 5. The van der Waals surface area contributed by atoms with Gasteiger partial charge in [-0.15, -0.1) is 0 Å². The summed E-state index contributed by atoms with van der Waals surface area (Å²) in [7, 11) is 1.45. The third kappa shape index (κ3) is 4.72. The summed E-state index contributed by atoms with van der Waals surface area (Å²) in [5.41, 5.74) is 3.79. The van der Waals surface area contributed by atoms with Crippen LogP contribution in [0.3, 0.4) is 0 Å². The largest absolute Gasteiger partial charge is 0.507 e. The van der Waals surface area contributed by atoms with Gasteiger partial charge in [-0.2, -0.15) is 0 Å².